The fourth-order valence-electron chi connectivity index (χ4n) is 3.79. The van der Waals surface area contributed by atoms with Gasteiger partial charge in [0.15, 0.2) is 0 Å². The van der Waals surface area contributed by atoms with Crippen LogP contribution in [0.25, 0.3) is 43.6 Å². The zero-order chi connectivity index (χ0) is 19.3. The molecule has 0 saturated carbocycles. The normalized spacial score (nSPS) is 12.1. The highest BCUT2D eigenvalue weighted by Crippen LogP contribution is 2.36. The molecule has 5 aromatic rings. The molecule has 4 aromatic carbocycles. The number of rotatable bonds is 1. The second kappa shape index (κ2) is 6.06. The van der Waals surface area contributed by atoms with Crippen molar-refractivity contribution in [3.63, 3.8) is 0 Å². The largest absolute Gasteiger partial charge is 0.416 e. The maximum atomic E-state index is 12.8. The molecule has 5 rings (SSSR count). The van der Waals surface area contributed by atoms with Crippen molar-refractivity contribution >= 4 is 32.3 Å². The van der Waals surface area contributed by atoms with Gasteiger partial charge < -0.3 is 0 Å². The van der Waals surface area contributed by atoms with E-state index in [9.17, 15) is 13.2 Å². The number of hydrogen-bond acceptors (Lipinski definition) is 1. The number of fused-ring (bicyclic) bond motifs is 6. The zero-order valence-corrected chi connectivity index (χ0v) is 14.7. The predicted molar refractivity (Wildman–Crippen MR) is 107 cm³/mol. The van der Waals surface area contributed by atoms with Gasteiger partial charge in [-0.15, -0.1) is 0 Å². The monoisotopic (exact) mass is 373 g/mol. The van der Waals surface area contributed by atoms with Gasteiger partial charge in [-0.1, -0.05) is 60.7 Å². The van der Waals surface area contributed by atoms with Crippen molar-refractivity contribution in [2.24, 2.45) is 0 Å². The van der Waals surface area contributed by atoms with Crippen LogP contribution in [0.3, 0.4) is 0 Å². The van der Waals surface area contributed by atoms with Gasteiger partial charge >= 0.3 is 6.18 Å². The van der Waals surface area contributed by atoms with Crippen molar-refractivity contribution < 1.29 is 13.2 Å². The van der Waals surface area contributed by atoms with E-state index in [1.807, 2.05) is 36.5 Å². The van der Waals surface area contributed by atoms with Gasteiger partial charge in [0.2, 0.25) is 0 Å². The molecule has 0 fully saturated rings. The van der Waals surface area contributed by atoms with Crippen LogP contribution in [0, 0.1) is 0 Å². The highest BCUT2D eigenvalue weighted by atomic mass is 19.4. The van der Waals surface area contributed by atoms with Crippen molar-refractivity contribution in [2.75, 3.05) is 0 Å². The van der Waals surface area contributed by atoms with Crippen LogP contribution in [0.5, 0.6) is 0 Å². The van der Waals surface area contributed by atoms with E-state index in [1.165, 1.54) is 12.1 Å². The Labute approximate surface area is 159 Å². The van der Waals surface area contributed by atoms with Crippen molar-refractivity contribution in [3.05, 3.63) is 90.6 Å². The Morgan fingerprint density at radius 1 is 0.571 bits per heavy atom. The Morgan fingerprint density at radius 2 is 1.07 bits per heavy atom. The Balaban J connectivity index is 1.78. The molecule has 0 N–H and O–H groups in total. The van der Waals surface area contributed by atoms with Crippen LogP contribution < -0.4 is 0 Å². The molecule has 1 heterocycles. The van der Waals surface area contributed by atoms with Crippen molar-refractivity contribution in [1.82, 2.24) is 4.98 Å². The Bertz CT molecular complexity index is 1300. The molecule has 4 heteroatoms. The molecule has 0 unspecified atom stereocenters. The summed E-state index contributed by atoms with van der Waals surface area (Å²) in [6.07, 6.45) is -2.53. The van der Waals surface area contributed by atoms with E-state index in [2.05, 4.69) is 29.2 Å². The summed E-state index contributed by atoms with van der Waals surface area (Å²) in [5.74, 6) is 0. The van der Waals surface area contributed by atoms with Gasteiger partial charge in [-0.25, -0.2) is 0 Å². The molecule has 0 bridgehead atoms. The van der Waals surface area contributed by atoms with E-state index >= 15 is 0 Å². The lowest BCUT2D eigenvalue weighted by molar-refractivity contribution is -0.137. The molecular weight excluding hydrogens is 359 g/mol. The minimum Gasteiger partial charge on any atom is -0.256 e. The Hall–Kier alpha value is -3.40. The first-order valence-electron chi connectivity index (χ1n) is 8.89. The molecule has 1 aromatic heterocycles. The lowest BCUT2D eigenvalue weighted by Gasteiger charge is -2.12. The highest BCUT2D eigenvalue weighted by Gasteiger charge is 2.30. The smallest absolute Gasteiger partial charge is 0.256 e. The van der Waals surface area contributed by atoms with E-state index in [0.29, 0.717) is 11.3 Å². The molecule has 0 aliphatic rings. The first-order chi connectivity index (χ1) is 13.5. The summed E-state index contributed by atoms with van der Waals surface area (Å²) in [7, 11) is 0. The fourth-order valence-corrected chi connectivity index (χ4v) is 3.79. The lowest BCUT2D eigenvalue weighted by Crippen LogP contribution is -2.04. The molecule has 28 heavy (non-hydrogen) atoms. The van der Waals surface area contributed by atoms with Crippen molar-refractivity contribution in [3.8, 4) is 11.3 Å². The maximum Gasteiger partial charge on any atom is 0.416 e. The number of nitrogens with zero attached hydrogens (tertiary/aromatic N) is 1. The molecule has 0 aliphatic heterocycles. The number of hydrogen-bond donors (Lipinski definition) is 0. The summed E-state index contributed by atoms with van der Waals surface area (Å²) in [4.78, 5) is 4.54. The zero-order valence-electron chi connectivity index (χ0n) is 14.7. The van der Waals surface area contributed by atoms with Gasteiger partial charge in [0.05, 0.1) is 11.3 Å². The van der Waals surface area contributed by atoms with Gasteiger partial charge in [0, 0.05) is 17.1 Å². The van der Waals surface area contributed by atoms with E-state index in [4.69, 9.17) is 0 Å². The standard InChI is InChI=1S/C24H14F3N/c25-24(26,27)16-11-9-15(10-12-16)23-13-21-19-7-3-1-5-17(19)18-6-2-4-8-20(18)22(21)14-28-23/h1-14H. The lowest BCUT2D eigenvalue weighted by atomic mass is 9.94. The van der Waals surface area contributed by atoms with Crippen LogP contribution in [0.4, 0.5) is 13.2 Å². The summed E-state index contributed by atoms with van der Waals surface area (Å²) in [5.41, 5.74) is 0.655. The van der Waals surface area contributed by atoms with Crippen LogP contribution >= 0.6 is 0 Å². The van der Waals surface area contributed by atoms with Gasteiger partial charge in [-0.05, 0) is 45.1 Å². The maximum absolute atomic E-state index is 12.8. The van der Waals surface area contributed by atoms with Crippen LogP contribution in [0.15, 0.2) is 85.1 Å². The van der Waals surface area contributed by atoms with E-state index in [0.717, 1.165) is 44.5 Å². The summed E-state index contributed by atoms with van der Waals surface area (Å²) < 4.78 is 38.5. The predicted octanol–water partition coefficient (Wildman–Crippen LogP) is 7.23. The number of benzene rings is 4. The molecular formula is C24H14F3N. The van der Waals surface area contributed by atoms with Crippen LogP contribution in [-0.2, 0) is 6.18 Å². The molecule has 0 saturated heterocycles. The molecule has 0 radical (unpaired) electrons. The van der Waals surface area contributed by atoms with Crippen molar-refractivity contribution in [2.45, 2.75) is 6.18 Å². The Kier molecular flexibility index (Phi) is 3.63. The van der Waals surface area contributed by atoms with Crippen molar-refractivity contribution in [1.29, 1.82) is 0 Å². The molecule has 0 aliphatic carbocycles. The van der Waals surface area contributed by atoms with Crippen LogP contribution in [-0.4, -0.2) is 4.98 Å². The molecule has 1 nitrogen and oxygen atoms in total. The second-order valence-corrected chi connectivity index (χ2v) is 6.78. The third-order valence-electron chi connectivity index (χ3n) is 5.14. The molecule has 0 spiro atoms. The number of alkyl halides is 3. The highest BCUT2D eigenvalue weighted by molar-refractivity contribution is 6.25. The third-order valence-corrected chi connectivity index (χ3v) is 5.14. The quantitative estimate of drug-likeness (QED) is 0.283. The fraction of sp³-hybridized carbons (Fsp3) is 0.0417. The van der Waals surface area contributed by atoms with Gasteiger partial charge in [-0.3, -0.25) is 4.98 Å². The van der Waals surface area contributed by atoms with E-state index < -0.39 is 11.7 Å². The van der Waals surface area contributed by atoms with E-state index in [1.54, 1.807) is 0 Å². The van der Waals surface area contributed by atoms with Crippen LogP contribution in [0.2, 0.25) is 0 Å². The number of pyridine rings is 1. The molecule has 0 atom stereocenters. The summed E-state index contributed by atoms with van der Waals surface area (Å²) in [6, 6.07) is 23.5. The first-order valence-corrected chi connectivity index (χ1v) is 8.89. The van der Waals surface area contributed by atoms with E-state index in [-0.39, 0.29) is 0 Å². The van der Waals surface area contributed by atoms with Gasteiger partial charge in [0.25, 0.3) is 0 Å². The summed E-state index contributed by atoms with van der Waals surface area (Å²) in [6.45, 7) is 0. The SMILES string of the molecule is FC(F)(F)c1ccc(-c2cc3c4ccccc4c4ccccc4c3cn2)cc1. The molecule has 0 amide bonds. The average Bonchev–Trinajstić information content (AvgIpc) is 2.73. The first kappa shape index (κ1) is 16.8. The second-order valence-electron chi connectivity index (χ2n) is 6.78. The minimum atomic E-state index is -4.34. The van der Waals surface area contributed by atoms with Gasteiger partial charge in [0.1, 0.15) is 0 Å². The topological polar surface area (TPSA) is 12.9 Å². The van der Waals surface area contributed by atoms with Crippen LogP contribution in [0.1, 0.15) is 5.56 Å². The minimum absolute atomic E-state index is 0.654. The van der Waals surface area contributed by atoms with Gasteiger partial charge in [-0.2, -0.15) is 13.2 Å². The molecule has 136 valence electrons. The third kappa shape index (κ3) is 2.61. The number of aromatic nitrogens is 1. The summed E-state index contributed by atoms with van der Waals surface area (Å²) in [5, 5.41) is 6.60. The number of halogens is 3. The summed E-state index contributed by atoms with van der Waals surface area (Å²) >= 11 is 0. The Morgan fingerprint density at radius 3 is 1.61 bits per heavy atom. The average molecular weight is 373 g/mol.